The standard InChI is InChI=1S/C24H31ClN4/c1-17-8-9-22(28-12-10-27(4)11-13-28)24-26-19(3)18(2)16-29(24)23(14-17)20-6-5-7-21(25)15-20/h5-7,9,14-17,19H,8,10-13H2,1-4H3. The van der Waals surface area contributed by atoms with Crippen LogP contribution < -0.4 is 0 Å². The van der Waals surface area contributed by atoms with Gasteiger partial charge < -0.3 is 14.7 Å². The van der Waals surface area contributed by atoms with E-state index in [9.17, 15) is 0 Å². The summed E-state index contributed by atoms with van der Waals surface area (Å²) >= 11 is 6.35. The predicted octanol–water partition coefficient (Wildman–Crippen LogP) is 4.86. The van der Waals surface area contributed by atoms with E-state index in [2.05, 4.69) is 73.0 Å². The minimum absolute atomic E-state index is 0.189. The van der Waals surface area contributed by atoms with Gasteiger partial charge in [0.2, 0.25) is 0 Å². The third-order valence-electron chi connectivity index (χ3n) is 6.11. The van der Waals surface area contributed by atoms with Gasteiger partial charge >= 0.3 is 0 Å². The highest BCUT2D eigenvalue weighted by atomic mass is 35.5. The molecule has 3 heterocycles. The van der Waals surface area contributed by atoms with Gasteiger partial charge in [-0.15, -0.1) is 0 Å². The smallest absolute Gasteiger partial charge is 0.156 e. The molecule has 0 radical (unpaired) electrons. The number of likely N-dealkylation sites (N-methyl/N-ethyl adjacent to an activating group) is 1. The molecule has 0 aromatic heterocycles. The molecular formula is C24H31ClN4. The molecule has 29 heavy (non-hydrogen) atoms. The lowest BCUT2D eigenvalue weighted by Gasteiger charge is -2.41. The summed E-state index contributed by atoms with van der Waals surface area (Å²) in [5.41, 5.74) is 4.85. The van der Waals surface area contributed by atoms with Crippen molar-refractivity contribution in [1.82, 2.24) is 14.7 Å². The largest absolute Gasteiger partial charge is 0.366 e. The van der Waals surface area contributed by atoms with E-state index >= 15 is 0 Å². The summed E-state index contributed by atoms with van der Waals surface area (Å²) in [6.45, 7) is 10.9. The van der Waals surface area contributed by atoms with Crippen molar-refractivity contribution in [2.24, 2.45) is 10.9 Å². The highest BCUT2D eigenvalue weighted by molar-refractivity contribution is 6.30. The van der Waals surface area contributed by atoms with Crippen LogP contribution in [-0.2, 0) is 0 Å². The van der Waals surface area contributed by atoms with E-state index in [-0.39, 0.29) is 6.04 Å². The number of hydrogen-bond donors (Lipinski definition) is 0. The molecule has 2 unspecified atom stereocenters. The lowest BCUT2D eigenvalue weighted by molar-refractivity contribution is 0.190. The number of aliphatic imine (C=N–C) groups is 1. The molecule has 0 aliphatic carbocycles. The SMILES string of the molecule is CC1=CN2C(c3cccc(Cl)c3)=CC(C)CC=C(N3CCN(C)CC3)C2=NC1C. The van der Waals surface area contributed by atoms with Crippen molar-refractivity contribution in [2.45, 2.75) is 33.2 Å². The van der Waals surface area contributed by atoms with Crippen molar-refractivity contribution in [3.05, 3.63) is 64.5 Å². The Morgan fingerprint density at radius 3 is 2.55 bits per heavy atom. The van der Waals surface area contributed by atoms with Gasteiger partial charge in [-0.25, -0.2) is 0 Å². The number of fused-ring (bicyclic) bond motifs is 1. The summed E-state index contributed by atoms with van der Waals surface area (Å²) in [5, 5.41) is 0.762. The average molecular weight is 411 g/mol. The molecule has 2 atom stereocenters. The Morgan fingerprint density at radius 1 is 1.07 bits per heavy atom. The lowest BCUT2D eigenvalue weighted by Crippen LogP contribution is -2.47. The van der Waals surface area contributed by atoms with Crippen molar-refractivity contribution >= 4 is 23.1 Å². The Morgan fingerprint density at radius 2 is 1.83 bits per heavy atom. The molecule has 4 rings (SSSR count). The molecule has 1 aromatic rings. The Bertz CT molecular complexity index is 890. The van der Waals surface area contributed by atoms with Crippen LogP contribution in [0.15, 0.2) is 58.9 Å². The molecule has 5 heteroatoms. The molecule has 1 saturated heterocycles. The molecule has 0 amide bonds. The highest BCUT2D eigenvalue weighted by Gasteiger charge is 2.30. The summed E-state index contributed by atoms with van der Waals surface area (Å²) in [6.07, 6.45) is 8.03. The first-order valence-corrected chi connectivity index (χ1v) is 11.0. The molecule has 1 aromatic carbocycles. The highest BCUT2D eigenvalue weighted by Crippen LogP contribution is 2.33. The van der Waals surface area contributed by atoms with Crippen LogP contribution in [0.2, 0.25) is 5.02 Å². The summed E-state index contributed by atoms with van der Waals surface area (Å²) in [5.74, 6) is 1.49. The summed E-state index contributed by atoms with van der Waals surface area (Å²) < 4.78 is 0. The lowest BCUT2D eigenvalue weighted by atomic mass is 9.97. The van der Waals surface area contributed by atoms with Crippen LogP contribution in [0.4, 0.5) is 0 Å². The fraction of sp³-hybridized carbons (Fsp3) is 0.458. The summed E-state index contributed by atoms with van der Waals surface area (Å²) in [4.78, 5) is 12.4. The molecule has 0 saturated carbocycles. The molecule has 3 aliphatic heterocycles. The molecule has 3 aliphatic rings. The fourth-order valence-corrected chi connectivity index (χ4v) is 4.29. The quantitative estimate of drug-likeness (QED) is 0.695. The van der Waals surface area contributed by atoms with Crippen LogP contribution in [-0.4, -0.2) is 59.8 Å². The zero-order chi connectivity index (χ0) is 20.5. The van der Waals surface area contributed by atoms with Gasteiger partial charge in [-0.05, 0) is 56.5 Å². The van der Waals surface area contributed by atoms with E-state index in [4.69, 9.17) is 16.6 Å². The van der Waals surface area contributed by atoms with Gasteiger partial charge in [0.25, 0.3) is 0 Å². The maximum Gasteiger partial charge on any atom is 0.156 e. The second-order valence-corrected chi connectivity index (χ2v) is 8.96. The zero-order valence-electron chi connectivity index (χ0n) is 17.9. The minimum atomic E-state index is 0.189. The molecule has 0 bridgehead atoms. The monoisotopic (exact) mass is 410 g/mol. The fourth-order valence-electron chi connectivity index (χ4n) is 4.10. The number of amidine groups is 1. The minimum Gasteiger partial charge on any atom is -0.366 e. The first-order valence-electron chi connectivity index (χ1n) is 10.6. The number of halogens is 1. The molecule has 0 N–H and O–H groups in total. The van der Waals surface area contributed by atoms with Crippen LogP contribution in [0.25, 0.3) is 5.70 Å². The van der Waals surface area contributed by atoms with Gasteiger partial charge in [0.1, 0.15) is 0 Å². The molecule has 1 fully saturated rings. The van der Waals surface area contributed by atoms with Crippen molar-refractivity contribution < 1.29 is 0 Å². The number of benzene rings is 1. The predicted molar refractivity (Wildman–Crippen MR) is 123 cm³/mol. The molecule has 154 valence electrons. The van der Waals surface area contributed by atoms with E-state index in [0.29, 0.717) is 5.92 Å². The molecule has 4 nitrogen and oxygen atoms in total. The average Bonchev–Trinajstić information content (AvgIpc) is 2.69. The number of rotatable bonds is 2. The second-order valence-electron chi connectivity index (χ2n) is 8.53. The summed E-state index contributed by atoms with van der Waals surface area (Å²) in [6, 6.07) is 8.35. The number of hydrogen-bond acceptors (Lipinski definition) is 4. The Hall–Kier alpha value is -2.04. The number of piperazine rings is 1. The Kier molecular flexibility index (Phi) is 5.84. The second kappa shape index (κ2) is 8.37. The number of nitrogens with zero attached hydrogens (tertiary/aromatic N) is 4. The normalized spacial score (nSPS) is 26.0. The first-order chi connectivity index (χ1) is 13.9. The van der Waals surface area contributed by atoms with E-state index < -0.39 is 0 Å². The maximum absolute atomic E-state index is 6.35. The van der Waals surface area contributed by atoms with Crippen LogP contribution in [0, 0.1) is 5.92 Å². The van der Waals surface area contributed by atoms with E-state index in [1.165, 1.54) is 17.0 Å². The Balaban J connectivity index is 1.79. The van der Waals surface area contributed by atoms with Crippen molar-refractivity contribution in [1.29, 1.82) is 0 Å². The zero-order valence-corrected chi connectivity index (χ0v) is 18.7. The van der Waals surface area contributed by atoms with Crippen LogP contribution in [0.5, 0.6) is 0 Å². The molecule has 0 spiro atoms. The Labute approximate surface area is 179 Å². The van der Waals surface area contributed by atoms with Crippen molar-refractivity contribution in [3.8, 4) is 0 Å². The van der Waals surface area contributed by atoms with Crippen molar-refractivity contribution in [2.75, 3.05) is 33.2 Å². The third kappa shape index (κ3) is 4.29. The maximum atomic E-state index is 6.35. The first kappa shape index (κ1) is 20.2. The van der Waals surface area contributed by atoms with Gasteiger partial charge in [-0.3, -0.25) is 4.99 Å². The van der Waals surface area contributed by atoms with Gasteiger partial charge in [0.15, 0.2) is 5.84 Å². The third-order valence-corrected chi connectivity index (χ3v) is 6.35. The van der Waals surface area contributed by atoms with Gasteiger partial charge in [0.05, 0.1) is 17.4 Å². The van der Waals surface area contributed by atoms with Gasteiger partial charge in [-0.2, -0.15) is 0 Å². The van der Waals surface area contributed by atoms with Crippen molar-refractivity contribution in [3.63, 3.8) is 0 Å². The van der Waals surface area contributed by atoms with E-state index in [0.717, 1.165) is 49.0 Å². The number of allylic oxidation sites excluding steroid dienone is 2. The van der Waals surface area contributed by atoms with E-state index in [1.807, 2.05) is 12.1 Å². The summed E-state index contributed by atoms with van der Waals surface area (Å²) in [7, 11) is 2.20. The van der Waals surface area contributed by atoms with Gasteiger partial charge in [0, 0.05) is 37.4 Å². The van der Waals surface area contributed by atoms with Gasteiger partial charge in [-0.1, -0.05) is 42.8 Å². The van der Waals surface area contributed by atoms with Crippen LogP contribution in [0.1, 0.15) is 32.8 Å². The topological polar surface area (TPSA) is 22.1 Å². The van der Waals surface area contributed by atoms with Crippen LogP contribution in [0.3, 0.4) is 0 Å². The van der Waals surface area contributed by atoms with Crippen LogP contribution >= 0.6 is 11.6 Å². The molecular weight excluding hydrogens is 380 g/mol. The van der Waals surface area contributed by atoms with E-state index in [1.54, 1.807) is 0 Å².